The number of hydrogen-bond donors (Lipinski definition) is 1. The maximum atomic E-state index is 11.1. The molecule has 0 amide bonds. The Hall–Kier alpha value is -1.14. The SMILES string of the molecule is COC(=O)CCc1csc(NC(CN(C)C)C(C)C)n1. The molecular weight excluding hydrogens is 274 g/mol. The van der Waals surface area contributed by atoms with Crippen molar-refractivity contribution >= 4 is 22.4 Å². The van der Waals surface area contributed by atoms with Gasteiger partial charge < -0.3 is 15.0 Å². The second kappa shape index (κ2) is 8.21. The number of aryl methyl sites for hydroxylation is 1. The Kier molecular flexibility index (Phi) is 6.95. The molecule has 1 unspecified atom stereocenters. The van der Waals surface area contributed by atoms with Crippen LogP contribution >= 0.6 is 11.3 Å². The number of nitrogens with zero attached hydrogens (tertiary/aromatic N) is 2. The zero-order valence-corrected chi connectivity index (χ0v) is 13.8. The smallest absolute Gasteiger partial charge is 0.305 e. The number of carbonyl (C=O) groups excluding carboxylic acids is 1. The molecule has 0 fully saturated rings. The van der Waals surface area contributed by atoms with E-state index in [-0.39, 0.29) is 5.97 Å². The molecule has 1 heterocycles. The molecule has 0 saturated carbocycles. The first-order valence-electron chi connectivity index (χ1n) is 6.84. The third-order valence-corrected chi connectivity index (χ3v) is 3.86. The summed E-state index contributed by atoms with van der Waals surface area (Å²) in [5, 5.41) is 6.40. The standard InChI is InChI=1S/C14H25N3O2S/c1-10(2)12(8-17(3)4)16-14-15-11(9-20-14)6-7-13(18)19-5/h9-10,12H,6-8H2,1-5H3,(H,15,16). The number of likely N-dealkylation sites (N-methyl/N-ethyl adjacent to an activating group) is 1. The fourth-order valence-corrected chi connectivity index (χ4v) is 2.60. The van der Waals surface area contributed by atoms with Crippen LogP contribution in [0.5, 0.6) is 0 Å². The van der Waals surface area contributed by atoms with Gasteiger partial charge in [0.2, 0.25) is 0 Å². The maximum absolute atomic E-state index is 11.1. The predicted molar refractivity (Wildman–Crippen MR) is 83.3 cm³/mol. The van der Waals surface area contributed by atoms with Gasteiger partial charge in [0.25, 0.3) is 0 Å². The Morgan fingerprint density at radius 2 is 2.20 bits per heavy atom. The van der Waals surface area contributed by atoms with Crippen molar-refractivity contribution in [3.63, 3.8) is 0 Å². The molecule has 0 bridgehead atoms. The summed E-state index contributed by atoms with van der Waals surface area (Å²) in [5.74, 6) is 0.333. The molecule has 0 aromatic carbocycles. The van der Waals surface area contributed by atoms with Crippen molar-refractivity contribution in [3.8, 4) is 0 Å². The molecule has 0 aliphatic heterocycles. The fourth-order valence-electron chi connectivity index (χ4n) is 1.80. The highest BCUT2D eigenvalue weighted by molar-refractivity contribution is 7.13. The van der Waals surface area contributed by atoms with Gasteiger partial charge in [-0.3, -0.25) is 4.79 Å². The largest absolute Gasteiger partial charge is 0.469 e. The van der Waals surface area contributed by atoms with Crippen LogP contribution in [-0.4, -0.2) is 49.6 Å². The summed E-state index contributed by atoms with van der Waals surface area (Å²) < 4.78 is 4.63. The Balaban J connectivity index is 2.55. The summed E-state index contributed by atoms with van der Waals surface area (Å²) in [4.78, 5) is 17.8. The summed E-state index contributed by atoms with van der Waals surface area (Å²) in [6, 6.07) is 0.365. The van der Waals surface area contributed by atoms with Crippen molar-refractivity contribution in [2.45, 2.75) is 32.7 Å². The van der Waals surface area contributed by atoms with E-state index in [2.05, 4.69) is 47.9 Å². The average molecular weight is 299 g/mol. The van der Waals surface area contributed by atoms with Gasteiger partial charge >= 0.3 is 5.97 Å². The van der Waals surface area contributed by atoms with Crippen LogP contribution in [0.3, 0.4) is 0 Å². The van der Waals surface area contributed by atoms with E-state index in [1.807, 2.05) is 5.38 Å². The van der Waals surface area contributed by atoms with Gasteiger partial charge in [0.05, 0.1) is 19.2 Å². The fraction of sp³-hybridized carbons (Fsp3) is 0.714. The van der Waals surface area contributed by atoms with Gasteiger partial charge in [-0.2, -0.15) is 0 Å². The predicted octanol–water partition coefficient (Wildman–Crippen LogP) is 2.25. The minimum absolute atomic E-state index is 0.194. The van der Waals surface area contributed by atoms with E-state index in [1.165, 1.54) is 7.11 Å². The lowest BCUT2D eigenvalue weighted by Crippen LogP contribution is -2.36. The lowest BCUT2D eigenvalue weighted by molar-refractivity contribution is -0.140. The zero-order valence-electron chi connectivity index (χ0n) is 13.0. The quantitative estimate of drug-likeness (QED) is 0.746. The zero-order chi connectivity index (χ0) is 15.1. The minimum Gasteiger partial charge on any atom is -0.469 e. The number of rotatable bonds is 8. The van der Waals surface area contributed by atoms with E-state index in [1.54, 1.807) is 11.3 Å². The molecule has 1 N–H and O–H groups in total. The molecule has 1 aromatic heterocycles. The normalized spacial score (nSPS) is 12.8. The minimum atomic E-state index is -0.194. The molecule has 0 saturated heterocycles. The number of esters is 1. The van der Waals surface area contributed by atoms with Crippen LogP contribution in [-0.2, 0) is 16.0 Å². The van der Waals surface area contributed by atoms with Crippen molar-refractivity contribution in [1.29, 1.82) is 0 Å². The highest BCUT2D eigenvalue weighted by Crippen LogP contribution is 2.19. The number of aromatic nitrogens is 1. The topological polar surface area (TPSA) is 54.5 Å². The second-order valence-corrected chi connectivity index (χ2v) is 6.34. The number of carbonyl (C=O) groups is 1. The molecule has 6 heteroatoms. The highest BCUT2D eigenvalue weighted by atomic mass is 32.1. The van der Waals surface area contributed by atoms with Gasteiger partial charge in [-0.25, -0.2) is 4.98 Å². The number of nitrogens with one attached hydrogen (secondary N) is 1. The summed E-state index contributed by atoms with van der Waals surface area (Å²) in [6.45, 7) is 5.37. The summed E-state index contributed by atoms with van der Waals surface area (Å²) in [5.41, 5.74) is 0.940. The molecule has 1 atom stereocenters. The van der Waals surface area contributed by atoms with Crippen molar-refractivity contribution in [1.82, 2.24) is 9.88 Å². The van der Waals surface area contributed by atoms with E-state index < -0.39 is 0 Å². The van der Waals surface area contributed by atoms with E-state index in [4.69, 9.17) is 0 Å². The molecule has 1 aromatic rings. The van der Waals surface area contributed by atoms with Gasteiger partial charge in [-0.05, 0) is 20.0 Å². The summed E-state index contributed by atoms with van der Waals surface area (Å²) in [6.07, 6.45) is 1.01. The Bertz CT molecular complexity index is 418. The van der Waals surface area contributed by atoms with Crippen molar-refractivity contribution in [3.05, 3.63) is 11.1 Å². The summed E-state index contributed by atoms with van der Waals surface area (Å²) in [7, 11) is 5.55. The molecule has 0 radical (unpaired) electrons. The van der Waals surface area contributed by atoms with Crippen LogP contribution in [0.4, 0.5) is 5.13 Å². The maximum Gasteiger partial charge on any atom is 0.305 e. The molecule has 1 rings (SSSR count). The van der Waals surface area contributed by atoms with Crippen LogP contribution in [0.2, 0.25) is 0 Å². The monoisotopic (exact) mass is 299 g/mol. The van der Waals surface area contributed by atoms with E-state index in [0.717, 1.165) is 17.4 Å². The molecule has 0 aliphatic rings. The average Bonchev–Trinajstić information content (AvgIpc) is 2.82. The van der Waals surface area contributed by atoms with E-state index >= 15 is 0 Å². The lowest BCUT2D eigenvalue weighted by Gasteiger charge is -2.25. The number of ether oxygens (including phenoxy) is 1. The van der Waals surface area contributed by atoms with Crippen LogP contribution in [0.25, 0.3) is 0 Å². The Morgan fingerprint density at radius 1 is 1.50 bits per heavy atom. The van der Waals surface area contributed by atoms with Crippen LogP contribution in [0, 0.1) is 5.92 Å². The molecular formula is C14H25N3O2S. The van der Waals surface area contributed by atoms with Gasteiger partial charge in [0, 0.05) is 24.4 Å². The third kappa shape index (κ3) is 5.88. The first kappa shape index (κ1) is 16.9. The van der Waals surface area contributed by atoms with Gasteiger partial charge in [-0.15, -0.1) is 11.3 Å². The van der Waals surface area contributed by atoms with Crippen molar-refractivity contribution in [2.75, 3.05) is 33.1 Å². The lowest BCUT2D eigenvalue weighted by atomic mass is 10.0. The molecule has 5 nitrogen and oxygen atoms in total. The third-order valence-electron chi connectivity index (χ3n) is 3.04. The second-order valence-electron chi connectivity index (χ2n) is 5.48. The first-order chi connectivity index (χ1) is 9.42. The van der Waals surface area contributed by atoms with Gasteiger partial charge in [-0.1, -0.05) is 13.8 Å². The van der Waals surface area contributed by atoms with Crippen LogP contribution < -0.4 is 5.32 Å². The number of anilines is 1. The first-order valence-corrected chi connectivity index (χ1v) is 7.72. The molecule has 0 spiro atoms. The molecule has 114 valence electrons. The summed E-state index contributed by atoms with van der Waals surface area (Å²) >= 11 is 1.59. The van der Waals surface area contributed by atoms with E-state index in [0.29, 0.717) is 24.8 Å². The van der Waals surface area contributed by atoms with Crippen molar-refractivity contribution < 1.29 is 9.53 Å². The highest BCUT2D eigenvalue weighted by Gasteiger charge is 2.16. The number of hydrogen-bond acceptors (Lipinski definition) is 6. The number of thiazole rings is 1. The van der Waals surface area contributed by atoms with Crippen LogP contribution in [0.1, 0.15) is 26.0 Å². The van der Waals surface area contributed by atoms with Gasteiger partial charge in [0.1, 0.15) is 0 Å². The van der Waals surface area contributed by atoms with E-state index in [9.17, 15) is 4.79 Å². The molecule has 20 heavy (non-hydrogen) atoms. The van der Waals surface area contributed by atoms with Crippen molar-refractivity contribution in [2.24, 2.45) is 5.92 Å². The molecule has 0 aliphatic carbocycles. The Labute approximate surface area is 125 Å². The number of methoxy groups -OCH3 is 1. The van der Waals surface area contributed by atoms with Gasteiger partial charge in [0.15, 0.2) is 5.13 Å². The Morgan fingerprint density at radius 3 is 2.75 bits per heavy atom. The van der Waals surface area contributed by atoms with Crippen LogP contribution in [0.15, 0.2) is 5.38 Å².